The van der Waals surface area contributed by atoms with Gasteiger partial charge >= 0.3 is 11.9 Å². The Morgan fingerprint density at radius 1 is 1.18 bits per heavy atom. The van der Waals surface area contributed by atoms with Gasteiger partial charge in [-0.15, -0.1) is 6.58 Å². The number of fused-ring (bicyclic) bond motifs is 1. The third kappa shape index (κ3) is 4.79. The Kier molecular flexibility index (Phi) is 7.19. The Labute approximate surface area is 194 Å². The molecule has 4 N–H and O–H groups in total. The maximum Gasteiger partial charge on any atom is 0.338 e. The number of ether oxygens (including phenoxy) is 5. The van der Waals surface area contributed by atoms with Crippen LogP contribution in [0.25, 0.3) is 0 Å². The van der Waals surface area contributed by atoms with Gasteiger partial charge in [0.2, 0.25) is 6.29 Å². The average Bonchev–Trinajstić information content (AvgIpc) is 2.83. The number of benzene rings is 1. The van der Waals surface area contributed by atoms with E-state index < -0.39 is 61.5 Å². The Balaban J connectivity index is 1.43. The van der Waals surface area contributed by atoms with E-state index >= 15 is 0 Å². The van der Waals surface area contributed by atoms with E-state index in [1.807, 2.05) is 0 Å². The minimum atomic E-state index is -1.66. The molecule has 2 fully saturated rings. The smallest absolute Gasteiger partial charge is 0.338 e. The fourth-order valence-corrected chi connectivity index (χ4v) is 4.20. The first-order chi connectivity index (χ1) is 16.3. The monoisotopic (exact) mass is 478 g/mol. The Morgan fingerprint density at radius 2 is 1.97 bits per heavy atom. The van der Waals surface area contributed by atoms with E-state index in [1.54, 1.807) is 6.08 Å². The topological polar surface area (TPSA) is 161 Å². The Bertz CT molecular complexity index is 960. The van der Waals surface area contributed by atoms with Gasteiger partial charge in [0.05, 0.1) is 24.0 Å². The van der Waals surface area contributed by atoms with Crippen LogP contribution in [0.15, 0.2) is 48.8 Å². The Hall–Kier alpha value is -2.96. The number of hydrogen-bond acceptors (Lipinski definition) is 11. The highest BCUT2D eigenvalue weighted by Gasteiger charge is 2.48. The number of rotatable bonds is 6. The molecule has 2 saturated heterocycles. The third-order valence-corrected chi connectivity index (χ3v) is 6.07. The van der Waals surface area contributed by atoms with Crippen molar-refractivity contribution in [3.05, 3.63) is 54.3 Å². The molecule has 0 bridgehead atoms. The van der Waals surface area contributed by atoms with Crippen molar-refractivity contribution < 1.29 is 53.7 Å². The van der Waals surface area contributed by atoms with Crippen molar-refractivity contribution in [2.24, 2.45) is 11.8 Å². The average molecular weight is 478 g/mol. The number of aliphatic hydroxyl groups excluding tert-OH is 3. The summed E-state index contributed by atoms with van der Waals surface area (Å²) in [6.07, 6.45) is -5.22. The fraction of sp³-hybridized carbons (Fsp3) is 0.478. The van der Waals surface area contributed by atoms with Crippen LogP contribution < -0.4 is 0 Å². The lowest BCUT2D eigenvalue weighted by atomic mass is 9.81. The minimum Gasteiger partial charge on any atom is -0.508 e. The first kappa shape index (κ1) is 24.2. The van der Waals surface area contributed by atoms with Crippen molar-refractivity contribution in [2.75, 3.05) is 13.2 Å². The van der Waals surface area contributed by atoms with Gasteiger partial charge < -0.3 is 44.1 Å². The number of esters is 2. The van der Waals surface area contributed by atoms with Gasteiger partial charge in [0.15, 0.2) is 6.29 Å². The number of phenols is 1. The van der Waals surface area contributed by atoms with E-state index in [1.165, 1.54) is 30.5 Å². The second-order valence-corrected chi connectivity index (χ2v) is 8.22. The number of carbonyl (C=O) groups excluding carboxylic acids is 2. The van der Waals surface area contributed by atoms with Gasteiger partial charge in [0.25, 0.3) is 0 Å². The third-order valence-electron chi connectivity index (χ3n) is 6.07. The largest absolute Gasteiger partial charge is 0.508 e. The molecule has 11 heteroatoms. The van der Waals surface area contributed by atoms with E-state index in [-0.39, 0.29) is 23.8 Å². The van der Waals surface area contributed by atoms with Gasteiger partial charge in [0.1, 0.15) is 36.8 Å². The highest BCUT2D eigenvalue weighted by atomic mass is 16.8. The molecule has 4 rings (SSSR count). The van der Waals surface area contributed by atoms with E-state index in [2.05, 4.69) is 6.58 Å². The lowest BCUT2D eigenvalue weighted by molar-refractivity contribution is -0.339. The standard InChI is InChI=1S/C23H26O11/c1-2-13-14-6-7-30-21(29)15(14)9-32-22(13)34-23-19(27)18(26)17(25)16(33-23)10-31-20(28)11-4-3-5-12(24)8-11/h2-5,8-9,13-14,16-19,22-27H,1,6-7,10H2/t13-,14+,16-,17-,18-,19+,22+,23-/m1/s1. The molecule has 1 aromatic carbocycles. The number of carbonyl (C=O) groups is 2. The predicted octanol–water partition coefficient (Wildman–Crippen LogP) is -0.0213. The molecular formula is C23H26O11. The second kappa shape index (κ2) is 10.1. The maximum atomic E-state index is 12.2. The molecule has 3 aliphatic heterocycles. The van der Waals surface area contributed by atoms with Crippen molar-refractivity contribution in [1.29, 1.82) is 0 Å². The van der Waals surface area contributed by atoms with Crippen LogP contribution in [0.3, 0.4) is 0 Å². The number of phenolic OH excluding ortho intramolecular Hbond substituents is 1. The van der Waals surface area contributed by atoms with Crippen molar-refractivity contribution in [3.63, 3.8) is 0 Å². The van der Waals surface area contributed by atoms with E-state index in [0.717, 1.165) is 0 Å². The van der Waals surface area contributed by atoms with Crippen LogP contribution in [0.4, 0.5) is 0 Å². The number of aliphatic hydroxyl groups is 3. The van der Waals surface area contributed by atoms with Gasteiger partial charge in [-0.05, 0) is 24.6 Å². The summed E-state index contributed by atoms with van der Waals surface area (Å²) in [5.41, 5.74) is 0.435. The van der Waals surface area contributed by atoms with Crippen LogP contribution >= 0.6 is 0 Å². The van der Waals surface area contributed by atoms with Crippen LogP contribution in [0.5, 0.6) is 5.75 Å². The molecule has 0 aromatic heterocycles. The molecule has 184 valence electrons. The van der Waals surface area contributed by atoms with Gasteiger partial charge in [0, 0.05) is 11.8 Å². The molecule has 1 aromatic rings. The lowest BCUT2D eigenvalue weighted by Gasteiger charge is -2.43. The van der Waals surface area contributed by atoms with E-state index in [9.17, 15) is 30.0 Å². The zero-order chi connectivity index (χ0) is 24.4. The van der Waals surface area contributed by atoms with Crippen LogP contribution in [0.2, 0.25) is 0 Å². The zero-order valence-corrected chi connectivity index (χ0v) is 18.1. The zero-order valence-electron chi connectivity index (χ0n) is 18.1. The molecule has 3 heterocycles. The van der Waals surface area contributed by atoms with Gasteiger partial charge in [-0.2, -0.15) is 0 Å². The fourth-order valence-electron chi connectivity index (χ4n) is 4.20. The van der Waals surface area contributed by atoms with E-state index in [0.29, 0.717) is 12.0 Å². The van der Waals surface area contributed by atoms with Crippen molar-refractivity contribution in [2.45, 2.75) is 43.4 Å². The summed E-state index contributed by atoms with van der Waals surface area (Å²) < 4.78 is 27.1. The summed E-state index contributed by atoms with van der Waals surface area (Å²) in [7, 11) is 0. The highest BCUT2D eigenvalue weighted by Crippen LogP contribution is 2.38. The molecule has 0 amide bonds. The summed E-state index contributed by atoms with van der Waals surface area (Å²) in [5.74, 6) is -2.14. The lowest BCUT2D eigenvalue weighted by Crippen LogP contribution is -2.60. The molecule has 3 aliphatic rings. The predicted molar refractivity (Wildman–Crippen MR) is 112 cm³/mol. The SMILES string of the molecule is C=C[C@H]1[C@H](O[C@H]2O[C@H](COC(=O)c3cccc(O)c3)[C@@H](O)[C@@H](O)[C@@H]2O)OC=C2C(=O)OCC[C@H]21. The summed E-state index contributed by atoms with van der Waals surface area (Å²) in [4.78, 5) is 24.2. The number of hydrogen-bond donors (Lipinski definition) is 4. The Morgan fingerprint density at radius 3 is 2.71 bits per heavy atom. The van der Waals surface area contributed by atoms with Gasteiger partial charge in [-0.1, -0.05) is 12.1 Å². The first-order valence-electron chi connectivity index (χ1n) is 10.8. The normalized spacial score (nSPS) is 35.3. The molecule has 11 nitrogen and oxygen atoms in total. The molecule has 0 radical (unpaired) electrons. The maximum absolute atomic E-state index is 12.2. The van der Waals surface area contributed by atoms with Crippen LogP contribution in [-0.4, -0.2) is 82.6 Å². The molecule has 0 saturated carbocycles. The van der Waals surface area contributed by atoms with E-state index in [4.69, 9.17) is 23.7 Å². The minimum absolute atomic E-state index is 0.0803. The van der Waals surface area contributed by atoms with Gasteiger partial charge in [-0.3, -0.25) is 0 Å². The van der Waals surface area contributed by atoms with Crippen molar-refractivity contribution in [3.8, 4) is 5.75 Å². The second-order valence-electron chi connectivity index (χ2n) is 8.22. The molecule has 34 heavy (non-hydrogen) atoms. The summed E-state index contributed by atoms with van der Waals surface area (Å²) in [5, 5.41) is 40.5. The van der Waals surface area contributed by atoms with Crippen LogP contribution in [-0.2, 0) is 28.5 Å². The molecule has 8 atom stereocenters. The highest BCUT2D eigenvalue weighted by molar-refractivity contribution is 5.90. The van der Waals surface area contributed by atoms with Crippen LogP contribution in [0.1, 0.15) is 16.8 Å². The molecule has 0 aliphatic carbocycles. The summed E-state index contributed by atoms with van der Waals surface area (Å²) in [6, 6.07) is 5.50. The number of aromatic hydroxyl groups is 1. The first-order valence-corrected chi connectivity index (χ1v) is 10.8. The van der Waals surface area contributed by atoms with Crippen LogP contribution in [0, 0.1) is 11.8 Å². The summed E-state index contributed by atoms with van der Waals surface area (Å²) >= 11 is 0. The molecule has 0 spiro atoms. The summed E-state index contributed by atoms with van der Waals surface area (Å²) in [6.45, 7) is 3.55. The molecular weight excluding hydrogens is 452 g/mol. The quantitative estimate of drug-likeness (QED) is 0.321. The molecule has 0 unspecified atom stereocenters. The van der Waals surface area contributed by atoms with Gasteiger partial charge in [-0.25, -0.2) is 9.59 Å². The van der Waals surface area contributed by atoms with Crippen molar-refractivity contribution in [1.82, 2.24) is 0 Å². The number of cyclic esters (lactones) is 1. The van der Waals surface area contributed by atoms with Crippen molar-refractivity contribution >= 4 is 11.9 Å².